The maximum atomic E-state index is 13.0. The van der Waals surface area contributed by atoms with Crippen LogP contribution in [0.2, 0.25) is 5.02 Å². The van der Waals surface area contributed by atoms with Crippen molar-refractivity contribution in [2.75, 3.05) is 63.4 Å². The Morgan fingerprint density at radius 3 is 2.30 bits per heavy atom. The van der Waals surface area contributed by atoms with E-state index in [9.17, 15) is 9.59 Å². The van der Waals surface area contributed by atoms with Gasteiger partial charge in [-0.05, 0) is 63.1 Å². The van der Waals surface area contributed by atoms with Gasteiger partial charge in [-0.2, -0.15) is 0 Å². The summed E-state index contributed by atoms with van der Waals surface area (Å²) in [6.45, 7) is 2.05. The van der Waals surface area contributed by atoms with Gasteiger partial charge in [0.15, 0.2) is 0 Å². The molecule has 0 spiro atoms. The maximum absolute atomic E-state index is 13.0. The third kappa shape index (κ3) is 6.38. The third-order valence-corrected chi connectivity index (χ3v) is 6.51. The quantitative estimate of drug-likeness (QED) is 0.402. The zero-order valence-corrected chi connectivity index (χ0v) is 22.3. The summed E-state index contributed by atoms with van der Waals surface area (Å²) in [5, 5.41) is 6.93. The van der Waals surface area contributed by atoms with Crippen molar-refractivity contribution in [3.63, 3.8) is 0 Å². The second-order valence-electron chi connectivity index (χ2n) is 9.43. The second kappa shape index (κ2) is 11.6. The normalized spacial score (nSPS) is 14.0. The number of halogens is 1. The number of hydrogen-bond donors (Lipinski definition) is 2. The Kier molecular flexibility index (Phi) is 8.28. The fourth-order valence-electron chi connectivity index (χ4n) is 4.12. The first kappa shape index (κ1) is 26.4. The van der Waals surface area contributed by atoms with Crippen molar-refractivity contribution >= 4 is 51.7 Å². The Morgan fingerprint density at radius 2 is 1.62 bits per heavy atom. The summed E-state index contributed by atoms with van der Waals surface area (Å²) in [5.74, 6) is -0.170. The minimum atomic E-state index is -0.191. The molecule has 0 radical (unpaired) electrons. The van der Waals surface area contributed by atoms with Crippen molar-refractivity contribution in [2.45, 2.75) is 0 Å². The van der Waals surface area contributed by atoms with Gasteiger partial charge in [-0.1, -0.05) is 48.0 Å². The molecule has 1 aliphatic rings. The van der Waals surface area contributed by atoms with Gasteiger partial charge in [0.25, 0.3) is 5.91 Å². The van der Waals surface area contributed by atoms with E-state index in [2.05, 4.69) is 15.5 Å². The second-order valence-corrected chi connectivity index (χ2v) is 9.86. The third-order valence-electron chi connectivity index (χ3n) is 6.27. The number of nitrogens with one attached hydrogen (secondary N) is 2. The topological polar surface area (TPSA) is 67.9 Å². The van der Waals surface area contributed by atoms with E-state index in [-0.39, 0.29) is 11.8 Å². The van der Waals surface area contributed by atoms with Gasteiger partial charge in [0.1, 0.15) is 0 Å². The average molecular weight is 518 g/mol. The summed E-state index contributed by atoms with van der Waals surface area (Å²) >= 11 is 6.15. The highest BCUT2D eigenvalue weighted by atomic mass is 35.5. The number of benzene rings is 3. The average Bonchev–Trinajstić information content (AvgIpc) is 3.20. The zero-order chi connectivity index (χ0) is 26.5. The van der Waals surface area contributed by atoms with Crippen LogP contribution in [0.25, 0.3) is 11.3 Å². The molecular weight excluding hydrogens is 486 g/mol. The lowest BCUT2D eigenvalue weighted by molar-refractivity contribution is -0.119. The Morgan fingerprint density at radius 1 is 0.919 bits per heavy atom. The number of likely N-dealkylation sites (N-methyl/N-ethyl adjacent to an activating group) is 3. The number of carbonyl (C=O) groups is 2. The summed E-state index contributed by atoms with van der Waals surface area (Å²) in [4.78, 5) is 31.6. The molecule has 0 aliphatic carbocycles. The Balaban J connectivity index is 1.57. The first-order valence-electron chi connectivity index (χ1n) is 12.1. The molecule has 3 aromatic carbocycles. The molecule has 7 nitrogen and oxygen atoms in total. The van der Waals surface area contributed by atoms with Gasteiger partial charge in [0.2, 0.25) is 5.91 Å². The summed E-state index contributed by atoms with van der Waals surface area (Å²) in [6.07, 6.45) is 0. The molecular formula is C29H32ClN5O2. The van der Waals surface area contributed by atoms with Crippen LogP contribution in [-0.2, 0) is 9.59 Å². The van der Waals surface area contributed by atoms with Crippen LogP contribution in [0.15, 0.2) is 72.8 Å². The van der Waals surface area contributed by atoms with Crippen LogP contribution < -0.4 is 15.5 Å². The summed E-state index contributed by atoms with van der Waals surface area (Å²) in [5.41, 5.74) is 5.20. The molecule has 1 heterocycles. The van der Waals surface area contributed by atoms with Crippen LogP contribution >= 0.6 is 11.6 Å². The zero-order valence-electron chi connectivity index (χ0n) is 21.6. The van der Waals surface area contributed by atoms with Crippen molar-refractivity contribution in [2.24, 2.45) is 0 Å². The molecule has 8 heteroatoms. The van der Waals surface area contributed by atoms with Crippen LogP contribution in [0, 0.1) is 0 Å². The number of anilines is 3. The molecule has 0 bridgehead atoms. The highest BCUT2D eigenvalue weighted by Gasteiger charge is 2.28. The van der Waals surface area contributed by atoms with E-state index in [0.29, 0.717) is 28.5 Å². The number of carbonyl (C=O) groups excluding carboxylic acids is 2. The largest absolute Gasteiger partial charge is 0.354 e. The number of hydrogen-bond acceptors (Lipinski definition) is 5. The summed E-state index contributed by atoms with van der Waals surface area (Å²) in [6, 6.07) is 22.7. The molecule has 0 saturated carbocycles. The van der Waals surface area contributed by atoms with Gasteiger partial charge in [-0.3, -0.25) is 14.5 Å². The predicted molar refractivity (Wildman–Crippen MR) is 153 cm³/mol. The smallest absolute Gasteiger partial charge is 0.258 e. The minimum Gasteiger partial charge on any atom is -0.354 e. The molecule has 4 rings (SSSR count). The van der Waals surface area contributed by atoms with Crippen molar-refractivity contribution in [1.29, 1.82) is 0 Å². The van der Waals surface area contributed by atoms with Gasteiger partial charge in [-0.25, -0.2) is 0 Å². The van der Waals surface area contributed by atoms with Gasteiger partial charge in [-0.15, -0.1) is 0 Å². The van der Waals surface area contributed by atoms with Gasteiger partial charge in [0, 0.05) is 42.1 Å². The molecule has 0 saturated heterocycles. The van der Waals surface area contributed by atoms with Crippen molar-refractivity contribution < 1.29 is 9.59 Å². The minimum absolute atomic E-state index is 0.0203. The predicted octanol–water partition coefficient (Wildman–Crippen LogP) is 4.73. The van der Waals surface area contributed by atoms with Crippen LogP contribution in [0.5, 0.6) is 0 Å². The first-order valence-corrected chi connectivity index (χ1v) is 12.5. The number of rotatable bonds is 9. The summed E-state index contributed by atoms with van der Waals surface area (Å²) in [7, 11) is 7.77. The molecule has 0 unspecified atom stereocenters. The Bertz CT molecular complexity index is 1310. The molecule has 0 atom stereocenters. The van der Waals surface area contributed by atoms with E-state index in [4.69, 9.17) is 11.6 Å². The molecule has 1 aliphatic heterocycles. The van der Waals surface area contributed by atoms with Crippen LogP contribution in [0.1, 0.15) is 11.1 Å². The van der Waals surface area contributed by atoms with E-state index in [1.165, 1.54) is 0 Å². The van der Waals surface area contributed by atoms with E-state index in [1.807, 2.05) is 86.7 Å². The highest BCUT2D eigenvalue weighted by molar-refractivity contribution is 6.38. The molecule has 2 amide bonds. The van der Waals surface area contributed by atoms with Gasteiger partial charge in [0.05, 0.1) is 23.5 Å². The van der Waals surface area contributed by atoms with Crippen LogP contribution in [0.4, 0.5) is 17.1 Å². The molecule has 192 valence electrons. The van der Waals surface area contributed by atoms with Crippen LogP contribution in [0.3, 0.4) is 0 Å². The molecule has 0 fully saturated rings. The first-order chi connectivity index (χ1) is 17.7. The number of amides is 2. The van der Waals surface area contributed by atoms with Gasteiger partial charge >= 0.3 is 0 Å². The molecule has 3 aromatic rings. The van der Waals surface area contributed by atoms with Crippen molar-refractivity contribution in [3.8, 4) is 0 Å². The number of nitrogens with zero attached hydrogens (tertiary/aromatic N) is 3. The monoisotopic (exact) mass is 517 g/mol. The lowest BCUT2D eigenvalue weighted by Gasteiger charge is -2.23. The summed E-state index contributed by atoms with van der Waals surface area (Å²) < 4.78 is 0. The maximum Gasteiger partial charge on any atom is 0.258 e. The van der Waals surface area contributed by atoms with Gasteiger partial charge < -0.3 is 20.4 Å². The SMILES string of the molecule is CN(C)CCN(C)CC(=O)N(C)c1ccc(N/C(=C2\C(=O)Nc3cc(Cl)ccc32)c2ccccc2)cc1. The number of fused-ring (bicyclic) bond motifs is 1. The standard InChI is InChI=1S/C29H32ClN5O2/c1-33(2)16-17-34(3)19-26(36)35(4)23-13-11-22(12-14-23)31-28(20-8-6-5-7-9-20)27-24-15-10-21(30)18-25(24)32-29(27)37/h5-15,18,31H,16-17,19H2,1-4H3,(H,32,37)/b28-27-. The van der Waals surface area contributed by atoms with Crippen molar-refractivity contribution in [1.82, 2.24) is 9.80 Å². The Hall–Kier alpha value is -3.65. The van der Waals surface area contributed by atoms with Crippen molar-refractivity contribution in [3.05, 3.63) is 88.9 Å². The molecule has 0 aromatic heterocycles. The lowest BCUT2D eigenvalue weighted by atomic mass is 10.00. The molecule has 37 heavy (non-hydrogen) atoms. The van der Waals surface area contributed by atoms with E-state index < -0.39 is 0 Å². The molecule has 2 N–H and O–H groups in total. The van der Waals surface area contributed by atoms with E-state index in [0.717, 1.165) is 35.6 Å². The fraction of sp³-hybridized carbons (Fsp3) is 0.241. The lowest BCUT2D eigenvalue weighted by Crippen LogP contribution is -2.39. The van der Waals surface area contributed by atoms with E-state index in [1.54, 1.807) is 24.1 Å². The Labute approximate surface area is 223 Å². The fourth-order valence-corrected chi connectivity index (χ4v) is 4.29. The van der Waals surface area contributed by atoms with E-state index >= 15 is 0 Å². The highest BCUT2D eigenvalue weighted by Crippen LogP contribution is 2.38. The van der Waals surface area contributed by atoms with Crippen LogP contribution in [-0.4, -0.2) is 69.4 Å².